The molecule has 0 aliphatic heterocycles. The number of para-hydroxylation sites is 2. The van der Waals surface area contributed by atoms with Crippen LogP contribution in [0, 0.1) is 0 Å². The average Bonchev–Trinajstić information content (AvgIpc) is 3.73. The molecule has 5 aromatic carbocycles. The highest BCUT2D eigenvalue weighted by molar-refractivity contribution is 7.14. The third-order valence-electron chi connectivity index (χ3n) is 8.39. The fourth-order valence-electron chi connectivity index (χ4n) is 5.98. The standard InChI is InChI=1S/C38H22N4O4S2/c43-37-25-5-1-3-7-29(25)39-35(45-37)33-27-15-13-23(19-31(27)47-41-33)17-21-9-11-22(12-10-21)18-24-14-16-28-32(20-24)48-42-34(28)36-40-30-8-4-2-6-26(30)38(44)46-36/h1-16,19-20H,17-18H2. The van der Waals surface area contributed by atoms with Crippen LogP contribution in [-0.2, 0) is 12.8 Å². The smallest absolute Gasteiger partial charge is 0.347 e. The fourth-order valence-corrected chi connectivity index (χ4v) is 7.65. The molecular formula is C38H22N4O4S2. The van der Waals surface area contributed by atoms with Crippen molar-refractivity contribution in [3.05, 3.63) is 152 Å². The van der Waals surface area contributed by atoms with Gasteiger partial charge in [-0.25, -0.2) is 19.6 Å². The number of benzene rings is 5. The molecule has 0 aliphatic rings. The molecule has 0 unspecified atom stereocenters. The summed E-state index contributed by atoms with van der Waals surface area (Å²) in [5, 5.41) is 2.73. The second-order valence-corrected chi connectivity index (χ2v) is 13.2. The number of rotatable bonds is 6. The van der Waals surface area contributed by atoms with Crippen molar-refractivity contribution in [3.8, 4) is 23.2 Å². The molecule has 0 amide bonds. The number of hydrogen-bond donors (Lipinski definition) is 0. The monoisotopic (exact) mass is 662 g/mol. The summed E-state index contributed by atoms with van der Waals surface area (Å²) in [7, 11) is 0. The van der Waals surface area contributed by atoms with E-state index in [4.69, 9.17) is 8.83 Å². The minimum Gasteiger partial charge on any atom is -0.401 e. The van der Waals surface area contributed by atoms with Gasteiger partial charge in [0.25, 0.3) is 11.8 Å². The molecular weight excluding hydrogens is 641 g/mol. The van der Waals surface area contributed by atoms with Gasteiger partial charge in [-0.2, -0.15) is 8.75 Å². The number of hydrogen-bond acceptors (Lipinski definition) is 10. The Balaban J connectivity index is 0.917. The van der Waals surface area contributed by atoms with Gasteiger partial charge < -0.3 is 8.83 Å². The van der Waals surface area contributed by atoms with E-state index >= 15 is 0 Å². The molecule has 0 radical (unpaired) electrons. The SMILES string of the molecule is O=c1oc(-c2nsc3cc(Cc4ccc(Cc5ccc6c(-c7nc8ccccc8c(=O)o7)nsc6c5)cc4)ccc23)nc2ccccc12. The summed E-state index contributed by atoms with van der Waals surface area (Å²) in [6, 6.07) is 35.5. The summed E-state index contributed by atoms with van der Waals surface area (Å²) < 4.78 is 22.3. The predicted molar refractivity (Wildman–Crippen MR) is 190 cm³/mol. The van der Waals surface area contributed by atoms with Gasteiger partial charge in [0, 0.05) is 10.8 Å². The number of fused-ring (bicyclic) bond motifs is 4. The minimum atomic E-state index is -0.416. The van der Waals surface area contributed by atoms with Crippen molar-refractivity contribution in [3.63, 3.8) is 0 Å². The predicted octanol–water partition coefficient (Wildman–Crippen LogP) is 8.42. The van der Waals surface area contributed by atoms with Gasteiger partial charge in [-0.05, 0) is 94.6 Å². The first-order valence-corrected chi connectivity index (χ1v) is 16.8. The Labute approximate surface area is 279 Å². The molecule has 0 fully saturated rings. The largest absolute Gasteiger partial charge is 0.401 e. The summed E-state index contributed by atoms with van der Waals surface area (Å²) in [6.45, 7) is 0. The first-order chi connectivity index (χ1) is 23.6. The first kappa shape index (κ1) is 28.4. The van der Waals surface area contributed by atoms with Crippen LogP contribution in [0.4, 0.5) is 0 Å². The summed E-state index contributed by atoms with van der Waals surface area (Å²) >= 11 is 2.74. The Hall–Kier alpha value is -5.84. The van der Waals surface area contributed by atoms with Crippen molar-refractivity contribution in [1.82, 2.24) is 18.7 Å². The number of nitrogens with zero attached hydrogens (tertiary/aromatic N) is 4. The van der Waals surface area contributed by atoms with E-state index in [1.165, 1.54) is 45.3 Å². The third kappa shape index (κ3) is 5.07. The lowest BCUT2D eigenvalue weighted by molar-refractivity contribution is 0.517. The fraction of sp³-hybridized carbons (Fsp3) is 0.0526. The molecule has 48 heavy (non-hydrogen) atoms. The van der Waals surface area contributed by atoms with Crippen molar-refractivity contribution in [1.29, 1.82) is 0 Å². The van der Waals surface area contributed by atoms with Crippen LogP contribution in [-0.4, -0.2) is 18.7 Å². The third-order valence-corrected chi connectivity index (χ3v) is 10.0. The lowest BCUT2D eigenvalue weighted by Gasteiger charge is -2.06. The summed E-state index contributed by atoms with van der Waals surface area (Å²) in [4.78, 5) is 34.1. The average molecular weight is 663 g/mol. The Morgan fingerprint density at radius 3 is 1.35 bits per heavy atom. The molecule has 4 heterocycles. The molecule has 0 saturated carbocycles. The number of aromatic nitrogens is 4. The van der Waals surface area contributed by atoms with Gasteiger partial charge >= 0.3 is 11.3 Å². The van der Waals surface area contributed by atoms with Crippen LogP contribution in [0.15, 0.2) is 128 Å². The zero-order valence-corrected chi connectivity index (χ0v) is 26.7. The Bertz CT molecular complexity index is 2610. The van der Waals surface area contributed by atoms with E-state index in [9.17, 15) is 9.59 Å². The van der Waals surface area contributed by atoms with Gasteiger partial charge in [0.05, 0.1) is 31.2 Å². The van der Waals surface area contributed by atoms with Gasteiger partial charge in [-0.1, -0.05) is 72.8 Å². The highest BCUT2D eigenvalue weighted by atomic mass is 32.1. The van der Waals surface area contributed by atoms with Gasteiger partial charge in [-0.15, -0.1) is 0 Å². The quantitative estimate of drug-likeness (QED) is 0.174. The van der Waals surface area contributed by atoms with E-state index in [1.807, 2.05) is 24.3 Å². The van der Waals surface area contributed by atoms with Crippen LogP contribution >= 0.6 is 23.1 Å². The summed E-state index contributed by atoms with van der Waals surface area (Å²) in [6.07, 6.45) is 1.56. The molecule has 8 nitrogen and oxygen atoms in total. The maximum absolute atomic E-state index is 12.5. The highest BCUT2D eigenvalue weighted by Gasteiger charge is 2.17. The van der Waals surface area contributed by atoms with Crippen molar-refractivity contribution in [2.45, 2.75) is 12.8 Å². The Kier molecular flexibility index (Phi) is 6.77. The van der Waals surface area contributed by atoms with E-state index in [-0.39, 0.29) is 11.8 Å². The molecule has 0 saturated heterocycles. The van der Waals surface area contributed by atoms with E-state index in [0.29, 0.717) is 33.2 Å². The van der Waals surface area contributed by atoms with Crippen molar-refractivity contribution < 1.29 is 8.83 Å². The lowest BCUT2D eigenvalue weighted by Crippen LogP contribution is -2.02. The van der Waals surface area contributed by atoms with Crippen LogP contribution in [0.1, 0.15) is 22.3 Å². The molecule has 0 atom stereocenters. The Morgan fingerprint density at radius 2 is 0.896 bits per heavy atom. The summed E-state index contributed by atoms with van der Waals surface area (Å²) in [5.41, 5.74) is 6.26. The second-order valence-electron chi connectivity index (χ2n) is 11.5. The maximum Gasteiger partial charge on any atom is 0.347 e. The zero-order valence-electron chi connectivity index (χ0n) is 25.0. The molecule has 9 rings (SSSR count). The van der Waals surface area contributed by atoms with E-state index < -0.39 is 11.3 Å². The van der Waals surface area contributed by atoms with Gasteiger partial charge in [0.15, 0.2) is 0 Å². The van der Waals surface area contributed by atoms with Crippen LogP contribution in [0.3, 0.4) is 0 Å². The van der Waals surface area contributed by atoms with Crippen molar-refractivity contribution >= 4 is 65.0 Å². The molecule has 0 bridgehead atoms. The van der Waals surface area contributed by atoms with Crippen molar-refractivity contribution in [2.75, 3.05) is 0 Å². The normalized spacial score (nSPS) is 11.7. The van der Waals surface area contributed by atoms with Crippen LogP contribution in [0.5, 0.6) is 0 Å². The van der Waals surface area contributed by atoms with E-state index in [0.717, 1.165) is 33.0 Å². The molecule has 9 aromatic rings. The molecule has 4 aromatic heterocycles. The first-order valence-electron chi connectivity index (χ1n) is 15.2. The van der Waals surface area contributed by atoms with Crippen molar-refractivity contribution in [2.24, 2.45) is 0 Å². The highest BCUT2D eigenvalue weighted by Crippen LogP contribution is 2.33. The maximum atomic E-state index is 12.5. The van der Waals surface area contributed by atoms with Crippen LogP contribution in [0.2, 0.25) is 0 Å². The van der Waals surface area contributed by atoms with Gasteiger partial charge in [0.2, 0.25) is 0 Å². The van der Waals surface area contributed by atoms with Crippen LogP contribution < -0.4 is 11.3 Å². The minimum absolute atomic E-state index is 0.235. The van der Waals surface area contributed by atoms with Gasteiger partial charge in [-0.3, -0.25) is 0 Å². The zero-order chi connectivity index (χ0) is 32.2. The topological polar surface area (TPSA) is 112 Å². The van der Waals surface area contributed by atoms with E-state index in [1.54, 1.807) is 36.4 Å². The molecule has 0 spiro atoms. The Morgan fingerprint density at radius 1 is 0.479 bits per heavy atom. The molecule has 0 N–H and O–H groups in total. The van der Waals surface area contributed by atoms with E-state index in [2.05, 4.69) is 67.2 Å². The van der Waals surface area contributed by atoms with Crippen LogP contribution in [0.25, 0.3) is 65.1 Å². The second kappa shape index (κ2) is 11.4. The lowest BCUT2D eigenvalue weighted by atomic mass is 9.99. The summed E-state index contributed by atoms with van der Waals surface area (Å²) in [5.74, 6) is 0.469. The molecule has 0 aliphatic carbocycles. The molecule has 230 valence electrons. The van der Waals surface area contributed by atoms with Gasteiger partial charge in [0.1, 0.15) is 11.4 Å². The molecule has 10 heteroatoms.